The zero-order valence-electron chi connectivity index (χ0n) is 13.6. The van der Waals surface area contributed by atoms with E-state index in [0.29, 0.717) is 0 Å². The maximum atomic E-state index is 11.6. The largest absolute Gasteiger partial charge is 0.371 e. The first-order valence-electron chi connectivity index (χ1n) is 8.65. The van der Waals surface area contributed by atoms with Gasteiger partial charge < -0.3 is 15.1 Å². The minimum atomic E-state index is 0.00838. The van der Waals surface area contributed by atoms with Crippen molar-refractivity contribution in [2.24, 2.45) is 0 Å². The Bertz CT molecular complexity index is 517. The molecule has 2 aliphatic heterocycles. The van der Waals surface area contributed by atoms with E-state index in [1.807, 2.05) is 0 Å². The van der Waals surface area contributed by atoms with Gasteiger partial charge in [-0.25, -0.2) is 0 Å². The Morgan fingerprint density at radius 2 is 1.50 bits per heavy atom. The van der Waals surface area contributed by atoms with Gasteiger partial charge in [0.1, 0.15) is 0 Å². The van der Waals surface area contributed by atoms with Crippen molar-refractivity contribution in [2.45, 2.75) is 45.4 Å². The zero-order valence-corrected chi connectivity index (χ0v) is 13.6. The van der Waals surface area contributed by atoms with Crippen LogP contribution in [0.3, 0.4) is 0 Å². The molecule has 4 nitrogen and oxygen atoms in total. The van der Waals surface area contributed by atoms with E-state index in [0.717, 1.165) is 31.9 Å². The number of piperidine rings is 2. The van der Waals surface area contributed by atoms with Crippen molar-refractivity contribution >= 4 is 23.0 Å². The van der Waals surface area contributed by atoms with E-state index in [-0.39, 0.29) is 5.91 Å². The number of carbonyl (C=O) groups is 1. The van der Waals surface area contributed by atoms with Crippen LogP contribution in [-0.2, 0) is 4.79 Å². The van der Waals surface area contributed by atoms with E-state index in [1.165, 1.54) is 49.9 Å². The molecule has 1 N–H and O–H groups in total. The lowest BCUT2D eigenvalue weighted by Crippen LogP contribution is -2.31. The molecule has 0 unspecified atom stereocenters. The van der Waals surface area contributed by atoms with Crippen molar-refractivity contribution in [1.82, 2.24) is 0 Å². The summed E-state index contributed by atoms with van der Waals surface area (Å²) < 4.78 is 0. The molecule has 1 aromatic carbocycles. The van der Waals surface area contributed by atoms with Crippen molar-refractivity contribution in [3.8, 4) is 0 Å². The smallest absolute Gasteiger partial charge is 0.221 e. The Balaban J connectivity index is 1.86. The van der Waals surface area contributed by atoms with E-state index in [1.54, 1.807) is 6.92 Å². The summed E-state index contributed by atoms with van der Waals surface area (Å²) in [5.74, 6) is 0.00838. The molecule has 2 aliphatic rings. The Labute approximate surface area is 133 Å². The SMILES string of the molecule is CC(=O)Nc1cc(N2CCCCC2)ccc1N1CCCCC1. The average Bonchev–Trinajstić information content (AvgIpc) is 2.56. The fourth-order valence-corrected chi connectivity index (χ4v) is 3.57. The fraction of sp³-hybridized carbons (Fsp3) is 0.611. The minimum Gasteiger partial charge on any atom is -0.371 e. The highest BCUT2D eigenvalue weighted by atomic mass is 16.1. The topological polar surface area (TPSA) is 35.6 Å². The van der Waals surface area contributed by atoms with E-state index >= 15 is 0 Å². The van der Waals surface area contributed by atoms with Crippen molar-refractivity contribution in [1.29, 1.82) is 0 Å². The van der Waals surface area contributed by atoms with Crippen LogP contribution in [-0.4, -0.2) is 32.1 Å². The monoisotopic (exact) mass is 301 g/mol. The summed E-state index contributed by atoms with van der Waals surface area (Å²) in [6.45, 7) is 6.03. The number of anilines is 3. The van der Waals surface area contributed by atoms with Gasteiger partial charge >= 0.3 is 0 Å². The normalized spacial score (nSPS) is 19.1. The van der Waals surface area contributed by atoms with Crippen molar-refractivity contribution in [3.05, 3.63) is 18.2 Å². The number of rotatable bonds is 3. The second-order valence-electron chi connectivity index (χ2n) is 6.48. The summed E-state index contributed by atoms with van der Waals surface area (Å²) in [7, 11) is 0. The lowest BCUT2D eigenvalue weighted by molar-refractivity contribution is -0.114. The highest BCUT2D eigenvalue weighted by Crippen LogP contribution is 2.33. The second-order valence-corrected chi connectivity index (χ2v) is 6.48. The summed E-state index contributed by atoms with van der Waals surface area (Å²) >= 11 is 0. The van der Waals surface area contributed by atoms with Crippen LogP contribution in [0.1, 0.15) is 45.4 Å². The molecule has 3 rings (SSSR count). The van der Waals surface area contributed by atoms with E-state index in [9.17, 15) is 4.79 Å². The zero-order chi connectivity index (χ0) is 15.4. The van der Waals surface area contributed by atoms with Gasteiger partial charge in [0.25, 0.3) is 0 Å². The molecule has 0 spiro atoms. The van der Waals surface area contributed by atoms with Crippen LogP contribution in [0.4, 0.5) is 17.1 Å². The highest BCUT2D eigenvalue weighted by Gasteiger charge is 2.18. The molecular formula is C18H27N3O. The second kappa shape index (κ2) is 7.03. The van der Waals surface area contributed by atoms with Crippen LogP contribution in [0, 0.1) is 0 Å². The standard InChI is InChI=1S/C18H27N3O/c1-15(22)19-17-14-16(20-10-4-2-5-11-20)8-9-18(17)21-12-6-3-7-13-21/h8-9,14H,2-7,10-13H2,1H3,(H,19,22). The Hall–Kier alpha value is -1.71. The fourth-order valence-electron chi connectivity index (χ4n) is 3.57. The molecule has 0 radical (unpaired) electrons. The van der Waals surface area contributed by atoms with Gasteiger partial charge in [-0.2, -0.15) is 0 Å². The van der Waals surface area contributed by atoms with Crippen molar-refractivity contribution in [2.75, 3.05) is 41.3 Å². The Morgan fingerprint density at radius 3 is 2.09 bits per heavy atom. The molecule has 0 atom stereocenters. The van der Waals surface area contributed by atoms with Crippen molar-refractivity contribution in [3.63, 3.8) is 0 Å². The maximum Gasteiger partial charge on any atom is 0.221 e. The summed E-state index contributed by atoms with van der Waals surface area (Å²) in [4.78, 5) is 16.4. The minimum absolute atomic E-state index is 0.00838. The predicted molar refractivity (Wildman–Crippen MR) is 92.9 cm³/mol. The Morgan fingerprint density at radius 1 is 0.909 bits per heavy atom. The van der Waals surface area contributed by atoms with Crippen molar-refractivity contribution < 1.29 is 4.79 Å². The molecule has 0 bridgehead atoms. The van der Waals surface area contributed by atoms with Gasteiger partial charge in [0.05, 0.1) is 11.4 Å². The number of amides is 1. The third kappa shape index (κ3) is 3.54. The molecule has 120 valence electrons. The van der Waals surface area contributed by atoms with Crippen LogP contribution in [0.2, 0.25) is 0 Å². The quantitative estimate of drug-likeness (QED) is 0.926. The van der Waals surface area contributed by atoms with E-state index in [2.05, 4.69) is 33.3 Å². The van der Waals surface area contributed by atoms with Gasteiger partial charge in [-0.1, -0.05) is 0 Å². The summed E-state index contributed by atoms with van der Waals surface area (Å²) in [5, 5.41) is 3.04. The molecule has 1 aromatic rings. The highest BCUT2D eigenvalue weighted by molar-refractivity contribution is 5.93. The molecule has 2 saturated heterocycles. The number of hydrogen-bond acceptors (Lipinski definition) is 3. The first-order valence-corrected chi connectivity index (χ1v) is 8.65. The van der Waals surface area contributed by atoms with Crippen LogP contribution in [0.5, 0.6) is 0 Å². The Kier molecular flexibility index (Phi) is 4.86. The van der Waals surface area contributed by atoms with Crippen LogP contribution >= 0.6 is 0 Å². The first-order chi connectivity index (χ1) is 10.7. The number of carbonyl (C=O) groups excluding carboxylic acids is 1. The molecule has 0 saturated carbocycles. The molecule has 2 fully saturated rings. The molecule has 1 amide bonds. The van der Waals surface area contributed by atoms with E-state index in [4.69, 9.17) is 0 Å². The summed E-state index contributed by atoms with van der Waals surface area (Å²) in [6, 6.07) is 6.58. The molecule has 22 heavy (non-hydrogen) atoms. The number of nitrogens with one attached hydrogen (secondary N) is 1. The van der Waals surface area contributed by atoms with Gasteiger partial charge in [-0.3, -0.25) is 4.79 Å². The molecule has 2 heterocycles. The number of hydrogen-bond donors (Lipinski definition) is 1. The van der Waals surface area contributed by atoms with Crippen LogP contribution < -0.4 is 15.1 Å². The van der Waals surface area contributed by atoms with Crippen LogP contribution in [0.15, 0.2) is 18.2 Å². The third-order valence-electron chi connectivity index (χ3n) is 4.71. The maximum absolute atomic E-state index is 11.6. The molecule has 0 aromatic heterocycles. The predicted octanol–water partition coefficient (Wildman–Crippen LogP) is 3.63. The average molecular weight is 301 g/mol. The summed E-state index contributed by atoms with van der Waals surface area (Å²) in [5.41, 5.74) is 3.39. The number of benzene rings is 1. The molecular weight excluding hydrogens is 274 g/mol. The van der Waals surface area contributed by atoms with E-state index < -0.39 is 0 Å². The van der Waals surface area contributed by atoms with Gasteiger partial charge in [0.15, 0.2) is 0 Å². The number of nitrogens with zero attached hydrogens (tertiary/aromatic N) is 2. The van der Waals surface area contributed by atoms with Crippen LogP contribution in [0.25, 0.3) is 0 Å². The van der Waals surface area contributed by atoms with Gasteiger partial charge in [0.2, 0.25) is 5.91 Å². The van der Waals surface area contributed by atoms with Gasteiger partial charge in [0, 0.05) is 38.8 Å². The third-order valence-corrected chi connectivity index (χ3v) is 4.71. The lowest BCUT2D eigenvalue weighted by atomic mass is 10.1. The lowest BCUT2D eigenvalue weighted by Gasteiger charge is -2.33. The van der Waals surface area contributed by atoms with Gasteiger partial charge in [-0.05, 0) is 56.7 Å². The molecule has 0 aliphatic carbocycles. The molecule has 4 heteroatoms. The first kappa shape index (κ1) is 15.2. The summed E-state index contributed by atoms with van der Waals surface area (Å²) in [6.07, 6.45) is 7.67. The van der Waals surface area contributed by atoms with Gasteiger partial charge in [-0.15, -0.1) is 0 Å².